The summed E-state index contributed by atoms with van der Waals surface area (Å²) in [5, 5.41) is 0. The number of aromatic nitrogens is 2. The second-order valence-corrected chi connectivity index (χ2v) is 6.14. The quantitative estimate of drug-likeness (QED) is 0.793. The van der Waals surface area contributed by atoms with Crippen molar-refractivity contribution >= 4 is 11.6 Å². The summed E-state index contributed by atoms with van der Waals surface area (Å²) in [6.07, 6.45) is 8.39. The molecule has 1 atom stereocenters. The van der Waals surface area contributed by atoms with Gasteiger partial charge in [-0.1, -0.05) is 0 Å². The number of nitrogens with zero attached hydrogens (tertiary/aromatic N) is 3. The molecule has 0 bridgehead atoms. The van der Waals surface area contributed by atoms with E-state index in [9.17, 15) is 4.79 Å². The van der Waals surface area contributed by atoms with Crippen LogP contribution in [0.25, 0.3) is 0 Å². The van der Waals surface area contributed by atoms with Gasteiger partial charge in [0.2, 0.25) is 0 Å². The van der Waals surface area contributed by atoms with Gasteiger partial charge in [0.1, 0.15) is 11.6 Å². The van der Waals surface area contributed by atoms with E-state index in [4.69, 9.17) is 9.40 Å². The molecule has 2 aromatic heterocycles. The monoisotopic (exact) mass is 297 g/mol. The fraction of sp³-hybridized carbons (Fsp3) is 0.471. The van der Waals surface area contributed by atoms with Crippen LogP contribution in [-0.4, -0.2) is 28.3 Å². The first kappa shape index (κ1) is 13.5. The molecular formula is C17H19N3O2. The summed E-state index contributed by atoms with van der Waals surface area (Å²) >= 11 is 0. The van der Waals surface area contributed by atoms with Crippen molar-refractivity contribution in [2.24, 2.45) is 0 Å². The highest BCUT2D eigenvalue weighted by Crippen LogP contribution is 2.38. The zero-order chi connectivity index (χ0) is 14.9. The Kier molecular flexibility index (Phi) is 3.41. The maximum atomic E-state index is 12.3. The maximum Gasteiger partial charge on any atom is 0.200 e. The van der Waals surface area contributed by atoms with Crippen LogP contribution in [-0.2, 0) is 0 Å². The van der Waals surface area contributed by atoms with Crippen LogP contribution in [0.1, 0.15) is 54.4 Å². The van der Waals surface area contributed by atoms with Crippen LogP contribution < -0.4 is 4.90 Å². The van der Waals surface area contributed by atoms with Crippen molar-refractivity contribution < 1.29 is 9.21 Å². The average molecular weight is 297 g/mol. The zero-order valence-electron chi connectivity index (χ0n) is 12.4. The fourth-order valence-corrected chi connectivity index (χ4v) is 3.16. The number of furan rings is 1. The van der Waals surface area contributed by atoms with E-state index in [2.05, 4.69) is 9.88 Å². The van der Waals surface area contributed by atoms with Gasteiger partial charge in [-0.05, 0) is 43.9 Å². The van der Waals surface area contributed by atoms with Crippen LogP contribution in [0.4, 0.5) is 5.82 Å². The molecule has 3 heterocycles. The summed E-state index contributed by atoms with van der Waals surface area (Å²) < 4.78 is 5.21. The molecule has 1 saturated carbocycles. The molecule has 5 nitrogen and oxygen atoms in total. The van der Waals surface area contributed by atoms with Gasteiger partial charge in [-0.25, -0.2) is 9.97 Å². The van der Waals surface area contributed by atoms with Crippen LogP contribution in [0.5, 0.6) is 0 Å². The Balaban J connectivity index is 1.51. The SMILES string of the molecule is O=C(CC1CCCN1c1ccnc(C2CC2)n1)c1ccco1. The summed E-state index contributed by atoms with van der Waals surface area (Å²) in [5.74, 6) is 2.99. The fourth-order valence-electron chi connectivity index (χ4n) is 3.16. The predicted octanol–water partition coefficient (Wildman–Crippen LogP) is 3.19. The van der Waals surface area contributed by atoms with E-state index in [1.54, 1.807) is 18.4 Å². The van der Waals surface area contributed by atoms with Crippen LogP contribution >= 0.6 is 0 Å². The summed E-state index contributed by atoms with van der Waals surface area (Å²) in [6.45, 7) is 0.956. The van der Waals surface area contributed by atoms with E-state index in [0.29, 0.717) is 18.1 Å². The summed E-state index contributed by atoms with van der Waals surface area (Å²) in [7, 11) is 0. The summed E-state index contributed by atoms with van der Waals surface area (Å²) in [5.41, 5.74) is 0. The third-order valence-electron chi connectivity index (χ3n) is 4.49. The van der Waals surface area contributed by atoms with Crippen LogP contribution in [0.2, 0.25) is 0 Å². The summed E-state index contributed by atoms with van der Waals surface area (Å²) in [6, 6.07) is 5.66. The van der Waals surface area contributed by atoms with E-state index >= 15 is 0 Å². The molecule has 2 fully saturated rings. The molecule has 1 unspecified atom stereocenters. The number of ketones is 1. The van der Waals surface area contributed by atoms with Crippen molar-refractivity contribution in [1.82, 2.24) is 9.97 Å². The Morgan fingerprint density at radius 1 is 1.32 bits per heavy atom. The first-order valence-corrected chi connectivity index (χ1v) is 7.97. The molecule has 0 N–H and O–H groups in total. The molecule has 114 valence electrons. The van der Waals surface area contributed by atoms with Gasteiger partial charge in [-0.2, -0.15) is 0 Å². The van der Waals surface area contributed by atoms with E-state index in [0.717, 1.165) is 31.0 Å². The molecule has 0 aromatic carbocycles. The molecule has 0 radical (unpaired) electrons. The average Bonchev–Trinajstić information content (AvgIpc) is 3.05. The first-order chi connectivity index (χ1) is 10.8. The molecule has 0 amide bonds. The van der Waals surface area contributed by atoms with Gasteiger partial charge in [0, 0.05) is 31.1 Å². The second-order valence-electron chi connectivity index (χ2n) is 6.14. The predicted molar refractivity (Wildman–Crippen MR) is 82.0 cm³/mol. The Hall–Kier alpha value is -2.17. The molecule has 22 heavy (non-hydrogen) atoms. The number of carbonyl (C=O) groups excluding carboxylic acids is 1. The van der Waals surface area contributed by atoms with E-state index in [1.807, 2.05) is 12.3 Å². The molecular weight excluding hydrogens is 278 g/mol. The number of hydrogen-bond donors (Lipinski definition) is 0. The van der Waals surface area contributed by atoms with E-state index < -0.39 is 0 Å². The third kappa shape index (κ3) is 2.63. The lowest BCUT2D eigenvalue weighted by atomic mass is 10.1. The lowest BCUT2D eigenvalue weighted by Gasteiger charge is -2.25. The van der Waals surface area contributed by atoms with E-state index in [-0.39, 0.29) is 11.8 Å². The molecule has 1 saturated heterocycles. The van der Waals surface area contributed by atoms with Gasteiger partial charge in [0.25, 0.3) is 0 Å². The lowest BCUT2D eigenvalue weighted by molar-refractivity contribution is 0.0947. The van der Waals surface area contributed by atoms with Gasteiger partial charge in [-0.15, -0.1) is 0 Å². The van der Waals surface area contributed by atoms with Gasteiger partial charge in [0.15, 0.2) is 11.5 Å². The second kappa shape index (κ2) is 5.55. The Morgan fingerprint density at radius 2 is 2.23 bits per heavy atom. The highest BCUT2D eigenvalue weighted by atomic mass is 16.3. The standard InChI is InChI=1S/C17H19N3O2/c21-14(15-4-2-10-22-15)11-13-3-1-9-20(13)16-7-8-18-17(19-16)12-5-6-12/h2,4,7-8,10,12-13H,1,3,5-6,9,11H2. The zero-order valence-corrected chi connectivity index (χ0v) is 12.4. The highest BCUT2D eigenvalue weighted by Gasteiger charge is 2.31. The van der Waals surface area contributed by atoms with Gasteiger partial charge in [0.05, 0.1) is 6.26 Å². The third-order valence-corrected chi connectivity index (χ3v) is 4.49. The van der Waals surface area contributed by atoms with Crippen molar-refractivity contribution in [2.45, 2.75) is 44.1 Å². The van der Waals surface area contributed by atoms with Crippen LogP contribution in [0, 0.1) is 0 Å². The number of rotatable bonds is 5. The molecule has 0 spiro atoms. The number of anilines is 1. The van der Waals surface area contributed by atoms with Crippen LogP contribution in [0.3, 0.4) is 0 Å². The van der Waals surface area contributed by atoms with Crippen molar-refractivity contribution in [3.05, 3.63) is 42.2 Å². The Bertz CT molecular complexity index is 664. The Labute approximate surface area is 129 Å². The molecule has 2 aromatic rings. The highest BCUT2D eigenvalue weighted by molar-refractivity contribution is 5.94. The Morgan fingerprint density at radius 3 is 3.00 bits per heavy atom. The minimum atomic E-state index is 0.0679. The van der Waals surface area contributed by atoms with Gasteiger partial charge < -0.3 is 9.32 Å². The molecule has 2 aliphatic rings. The number of hydrogen-bond acceptors (Lipinski definition) is 5. The smallest absolute Gasteiger partial charge is 0.200 e. The van der Waals surface area contributed by atoms with Crippen molar-refractivity contribution in [3.63, 3.8) is 0 Å². The first-order valence-electron chi connectivity index (χ1n) is 7.97. The van der Waals surface area contributed by atoms with Crippen molar-refractivity contribution in [2.75, 3.05) is 11.4 Å². The maximum absolute atomic E-state index is 12.3. The van der Waals surface area contributed by atoms with Crippen LogP contribution in [0.15, 0.2) is 35.1 Å². The van der Waals surface area contributed by atoms with Crippen molar-refractivity contribution in [3.8, 4) is 0 Å². The molecule has 5 heteroatoms. The minimum absolute atomic E-state index is 0.0679. The van der Waals surface area contributed by atoms with Gasteiger partial charge in [-0.3, -0.25) is 4.79 Å². The normalized spacial score (nSPS) is 21.3. The summed E-state index contributed by atoms with van der Waals surface area (Å²) in [4.78, 5) is 23.6. The minimum Gasteiger partial charge on any atom is -0.461 e. The number of carbonyl (C=O) groups is 1. The molecule has 4 rings (SSSR count). The largest absolute Gasteiger partial charge is 0.461 e. The number of Topliss-reactive ketones (excluding diaryl/α,β-unsaturated/α-hetero) is 1. The van der Waals surface area contributed by atoms with Gasteiger partial charge >= 0.3 is 0 Å². The molecule has 1 aliphatic carbocycles. The van der Waals surface area contributed by atoms with Crippen molar-refractivity contribution in [1.29, 1.82) is 0 Å². The van der Waals surface area contributed by atoms with E-state index in [1.165, 1.54) is 12.8 Å². The lowest BCUT2D eigenvalue weighted by Crippen LogP contribution is -2.32. The molecule has 1 aliphatic heterocycles. The topological polar surface area (TPSA) is 59.2 Å².